The van der Waals surface area contributed by atoms with Crippen molar-refractivity contribution in [3.05, 3.63) is 22.8 Å². The van der Waals surface area contributed by atoms with Gasteiger partial charge in [0.25, 0.3) is 0 Å². The quantitative estimate of drug-likeness (QED) is 0.482. The SMILES string of the molecule is CC(=CC(C)=C(C)C(=O)OCC(F)(F)F)C(=O)O. The van der Waals surface area contributed by atoms with E-state index in [0.717, 1.165) is 0 Å². The van der Waals surface area contributed by atoms with Crippen LogP contribution in [0.2, 0.25) is 0 Å². The molecule has 0 fully saturated rings. The van der Waals surface area contributed by atoms with Crippen LogP contribution in [0.4, 0.5) is 13.2 Å². The lowest BCUT2D eigenvalue weighted by molar-refractivity contribution is -0.183. The summed E-state index contributed by atoms with van der Waals surface area (Å²) in [5.41, 5.74) is 0.136. The number of aliphatic carboxylic acids is 1. The van der Waals surface area contributed by atoms with Crippen molar-refractivity contribution in [2.45, 2.75) is 26.9 Å². The molecule has 0 radical (unpaired) electrons. The third-order valence-corrected chi connectivity index (χ3v) is 2.03. The molecule has 0 aromatic rings. The molecule has 0 saturated heterocycles. The van der Waals surface area contributed by atoms with E-state index in [0.29, 0.717) is 0 Å². The second-order valence-electron chi connectivity index (χ2n) is 3.63. The monoisotopic (exact) mass is 266 g/mol. The highest BCUT2D eigenvalue weighted by molar-refractivity contribution is 5.91. The topological polar surface area (TPSA) is 63.6 Å². The Morgan fingerprint density at radius 1 is 1.22 bits per heavy atom. The average molecular weight is 266 g/mol. The molecule has 0 rings (SSSR count). The van der Waals surface area contributed by atoms with Crippen LogP contribution in [0.1, 0.15) is 20.8 Å². The number of ether oxygens (including phenoxy) is 1. The fraction of sp³-hybridized carbons (Fsp3) is 0.455. The Morgan fingerprint density at radius 3 is 2.11 bits per heavy atom. The number of hydrogen-bond donors (Lipinski definition) is 1. The molecule has 0 saturated carbocycles. The first-order valence-electron chi connectivity index (χ1n) is 4.87. The van der Waals surface area contributed by atoms with E-state index in [4.69, 9.17) is 5.11 Å². The minimum atomic E-state index is -4.59. The average Bonchev–Trinajstić information content (AvgIpc) is 2.23. The van der Waals surface area contributed by atoms with Crippen molar-refractivity contribution in [3.8, 4) is 0 Å². The molecule has 4 nitrogen and oxygen atoms in total. The zero-order valence-electron chi connectivity index (χ0n) is 10.1. The maximum absolute atomic E-state index is 11.8. The third-order valence-electron chi connectivity index (χ3n) is 2.03. The van der Waals surface area contributed by atoms with Crippen LogP contribution in [0.25, 0.3) is 0 Å². The van der Waals surface area contributed by atoms with Gasteiger partial charge in [0.2, 0.25) is 0 Å². The molecule has 0 aliphatic carbocycles. The van der Waals surface area contributed by atoms with Crippen molar-refractivity contribution < 1.29 is 32.6 Å². The number of carbonyl (C=O) groups excluding carboxylic acids is 1. The highest BCUT2D eigenvalue weighted by Crippen LogP contribution is 2.16. The van der Waals surface area contributed by atoms with Crippen LogP contribution in [0.5, 0.6) is 0 Å². The summed E-state index contributed by atoms with van der Waals surface area (Å²) in [5.74, 6) is -2.30. The number of halogens is 3. The lowest BCUT2D eigenvalue weighted by atomic mass is 10.1. The normalized spacial score (nSPS) is 14.0. The molecule has 102 valence electrons. The minimum absolute atomic E-state index is 0.0320. The van der Waals surface area contributed by atoms with Gasteiger partial charge in [-0.2, -0.15) is 13.2 Å². The molecule has 0 aromatic carbocycles. The molecule has 0 unspecified atom stereocenters. The van der Waals surface area contributed by atoms with Gasteiger partial charge in [0.15, 0.2) is 6.61 Å². The van der Waals surface area contributed by atoms with E-state index in [1.165, 1.54) is 26.8 Å². The standard InChI is InChI=1S/C11H13F3O4/c1-6(4-7(2)9(15)16)8(3)10(17)18-5-11(12,13)14/h4H,5H2,1-3H3,(H,15,16). The maximum Gasteiger partial charge on any atom is 0.422 e. The van der Waals surface area contributed by atoms with E-state index in [9.17, 15) is 22.8 Å². The molecule has 7 heteroatoms. The van der Waals surface area contributed by atoms with Gasteiger partial charge in [-0.25, -0.2) is 9.59 Å². The first-order valence-corrected chi connectivity index (χ1v) is 4.87. The predicted molar refractivity (Wildman–Crippen MR) is 56.8 cm³/mol. The lowest BCUT2D eigenvalue weighted by Gasteiger charge is -2.09. The Hall–Kier alpha value is -1.79. The maximum atomic E-state index is 11.8. The zero-order chi connectivity index (χ0) is 14.5. The van der Waals surface area contributed by atoms with E-state index < -0.39 is 24.7 Å². The molecular formula is C11H13F3O4. The number of carbonyl (C=O) groups is 2. The molecule has 0 amide bonds. The third kappa shape index (κ3) is 6.07. The summed E-state index contributed by atoms with van der Waals surface area (Å²) in [6, 6.07) is 0. The second-order valence-corrected chi connectivity index (χ2v) is 3.63. The van der Waals surface area contributed by atoms with Crippen LogP contribution < -0.4 is 0 Å². The van der Waals surface area contributed by atoms with E-state index in [1.54, 1.807) is 0 Å². The number of rotatable bonds is 4. The molecule has 18 heavy (non-hydrogen) atoms. The summed E-state index contributed by atoms with van der Waals surface area (Å²) in [6.45, 7) is 2.31. The molecule has 0 bridgehead atoms. The van der Waals surface area contributed by atoms with Gasteiger partial charge in [0.05, 0.1) is 0 Å². The van der Waals surface area contributed by atoms with Gasteiger partial charge in [-0.05, 0) is 32.4 Å². The van der Waals surface area contributed by atoms with E-state index in [2.05, 4.69) is 4.74 Å². The summed E-state index contributed by atoms with van der Waals surface area (Å²) in [5, 5.41) is 8.61. The number of hydrogen-bond acceptors (Lipinski definition) is 3. The Bertz CT molecular complexity index is 405. The molecule has 0 atom stereocenters. The molecule has 0 spiro atoms. The highest BCUT2D eigenvalue weighted by Gasteiger charge is 2.29. The van der Waals surface area contributed by atoms with Crippen molar-refractivity contribution in [3.63, 3.8) is 0 Å². The molecule has 0 aromatic heterocycles. The van der Waals surface area contributed by atoms with Crippen molar-refractivity contribution in [2.24, 2.45) is 0 Å². The van der Waals surface area contributed by atoms with Crippen molar-refractivity contribution in [1.29, 1.82) is 0 Å². The fourth-order valence-corrected chi connectivity index (χ4v) is 0.911. The van der Waals surface area contributed by atoms with Crippen LogP contribution >= 0.6 is 0 Å². The van der Waals surface area contributed by atoms with Gasteiger partial charge in [-0.15, -0.1) is 0 Å². The van der Waals surface area contributed by atoms with Crippen molar-refractivity contribution in [1.82, 2.24) is 0 Å². The zero-order valence-corrected chi connectivity index (χ0v) is 10.1. The summed E-state index contributed by atoms with van der Waals surface area (Å²) < 4.78 is 39.5. The lowest BCUT2D eigenvalue weighted by Crippen LogP contribution is -2.21. The molecule has 0 aliphatic rings. The van der Waals surface area contributed by atoms with Crippen LogP contribution in [0, 0.1) is 0 Å². The molecule has 1 N–H and O–H groups in total. The minimum Gasteiger partial charge on any atom is -0.478 e. The van der Waals surface area contributed by atoms with Gasteiger partial charge >= 0.3 is 18.1 Å². The van der Waals surface area contributed by atoms with Gasteiger partial charge in [-0.1, -0.05) is 0 Å². The van der Waals surface area contributed by atoms with Crippen LogP contribution in [0.15, 0.2) is 22.8 Å². The van der Waals surface area contributed by atoms with Gasteiger partial charge in [-0.3, -0.25) is 0 Å². The summed E-state index contributed by atoms with van der Waals surface area (Å²) in [4.78, 5) is 21.8. The number of allylic oxidation sites excluding steroid dienone is 2. The summed E-state index contributed by atoms with van der Waals surface area (Å²) >= 11 is 0. The first-order chi connectivity index (χ1) is 8.04. The van der Waals surface area contributed by atoms with E-state index in [-0.39, 0.29) is 16.7 Å². The molecule has 0 aliphatic heterocycles. The Labute approximate surface area is 102 Å². The van der Waals surface area contributed by atoms with E-state index >= 15 is 0 Å². The highest BCUT2D eigenvalue weighted by atomic mass is 19.4. The number of esters is 1. The Morgan fingerprint density at radius 2 is 1.72 bits per heavy atom. The number of carboxylic acid groups (broad SMARTS) is 1. The fourth-order valence-electron chi connectivity index (χ4n) is 0.911. The Balaban J connectivity index is 4.81. The summed E-state index contributed by atoms with van der Waals surface area (Å²) in [6.07, 6.45) is -3.40. The van der Waals surface area contributed by atoms with Crippen molar-refractivity contribution in [2.75, 3.05) is 6.61 Å². The van der Waals surface area contributed by atoms with E-state index in [1.807, 2.05) is 0 Å². The smallest absolute Gasteiger partial charge is 0.422 e. The largest absolute Gasteiger partial charge is 0.478 e. The van der Waals surface area contributed by atoms with Gasteiger partial charge < -0.3 is 9.84 Å². The number of alkyl halides is 3. The summed E-state index contributed by atoms with van der Waals surface area (Å²) in [7, 11) is 0. The Kier molecular flexibility index (Phi) is 5.61. The van der Waals surface area contributed by atoms with Crippen LogP contribution in [0.3, 0.4) is 0 Å². The number of carboxylic acids is 1. The second kappa shape index (κ2) is 6.23. The first kappa shape index (κ1) is 16.2. The molecule has 0 heterocycles. The van der Waals surface area contributed by atoms with Crippen molar-refractivity contribution >= 4 is 11.9 Å². The van der Waals surface area contributed by atoms with Gasteiger partial charge in [0.1, 0.15) is 0 Å². The van der Waals surface area contributed by atoms with Gasteiger partial charge in [0, 0.05) is 11.1 Å². The van der Waals surface area contributed by atoms with Crippen LogP contribution in [-0.4, -0.2) is 29.8 Å². The molecular weight excluding hydrogens is 253 g/mol. The van der Waals surface area contributed by atoms with Crippen LogP contribution in [-0.2, 0) is 14.3 Å². The predicted octanol–water partition coefficient (Wildman–Crippen LogP) is 2.46.